The topological polar surface area (TPSA) is 58.1 Å². The van der Waals surface area contributed by atoms with E-state index in [4.69, 9.17) is 0 Å². The minimum atomic E-state index is -0.180. The van der Waals surface area contributed by atoms with Crippen LogP contribution in [0.25, 0.3) is 0 Å². The fourth-order valence-corrected chi connectivity index (χ4v) is 5.47. The van der Waals surface area contributed by atoms with Gasteiger partial charge in [-0.25, -0.2) is 14.8 Å². The molecular weight excluding hydrogens is 444 g/mol. The molecule has 2 amide bonds. The lowest BCUT2D eigenvalue weighted by Crippen LogP contribution is -2.42. The molecule has 0 radical (unpaired) electrons. The number of aromatic nitrogens is 2. The van der Waals surface area contributed by atoms with Gasteiger partial charge in [0.1, 0.15) is 0 Å². The van der Waals surface area contributed by atoms with Crippen molar-refractivity contribution < 1.29 is 4.79 Å². The van der Waals surface area contributed by atoms with Gasteiger partial charge in [0.15, 0.2) is 5.82 Å². The van der Waals surface area contributed by atoms with Crippen LogP contribution in [0.1, 0.15) is 100 Å². The number of amides is 2. The third-order valence-corrected chi connectivity index (χ3v) is 7.34. The monoisotopic (exact) mass is 484 g/mol. The maximum absolute atomic E-state index is 14.3. The van der Waals surface area contributed by atoms with Crippen LogP contribution in [0.3, 0.4) is 0 Å². The average Bonchev–Trinajstić information content (AvgIpc) is 2.90. The lowest BCUT2D eigenvalue weighted by atomic mass is 9.82. The standard InChI is InChI=1S/C31H40N4O/c1-22(2)26-17-11-18-27(23(3)4)28(26)34-31(36)35(21-24-13-7-5-8-14-24)29(25-15-9-6-10-16-25)30-32-19-12-20-33-30/h5,7-8,11-14,17-20,22-23,25,29H,6,9-10,15-16,21H2,1-4H3,(H,34,36). The van der Waals surface area contributed by atoms with Crippen molar-refractivity contribution >= 4 is 11.7 Å². The van der Waals surface area contributed by atoms with Crippen LogP contribution in [0.5, 0.6) is 0 Å². The summed E-state index contributed by atoms with van der Waals surface area (Å²) < 4.78 is 0. The number of rotatable bonds is 8. The van der Waals surface area contributed by atoms with Crippen molar-refractivity contribution in [1.29, 1.82) is 0 Å². The Balaban J connectivity index is 1.77. The molecule has 2 aromatic carbocycles. The van der Waals surface area contributed by atoms with Gasteiger partial charge in [-0.2, -0.15) is 0 Å². The van der Waals surface area contributed by atoms with Gasteiger partial charge in [0, 0.05) is 24.6 Å². The quantitative estimate of drug-likeness (QED) is 0.351. The van der Waals surface area contributed by atoms with E-state index < -0.39 is 0 Å². The van der Waals surface area contributed by atoms with Crippen molar-refractivity contribution in [2.75, 3.05) is 5.32 Å². The van der Waals surface area contributed by atoms with E-state index in [0.29, 0.717) is 24.3 Å². The predicted octanol–water partition coefficient (Wildman–Crippen LogP) is 8.08. The minimum Gasteiger partial charge on any atom is -0.310 e. The molecule has 1 fully saturated rings. The number of nitrogens with zero attached hydrogens (tertiary/aromatic N) is 3. The Bertz CT molecular complexity index is 1080. The number of hydrogen-bond acceptors (Lipinski definition) is 3. The van der Waals surface area contributed by atoms with Crippen LogP contribution in [0.4, 0.5) is 10.5 Å². The van der Waals surface area contributed by atoms with Crippen LogP contribution in [-0.2, 0) is 6.54 Å². The summed E-state index contributed by atoms with van der Waals surface area (Å²) in [6.45, 7) is 9.23. The second kappa shape index (κ2) is 12.2. The van der Waals surface area contributed by atoms with Crippen LogP contribution in [-0.4, -0.2) is 20.9 Å². The van der Waals surface area contributed by atoms with E-state index in [-0.39, 0.29) is 12.1 Å². The summed E-state index contributed by atoms with van der Waals surface area (Å²) in [6, 6.07) is 18.2. The number of urea groups is 1. The molecule has 1 heterocycles. The van der Waals surface area contributed by atoms with Crippen molar-refractivity contribution in [1.82, 2.24) is 14.9 Å². The van der Waals surface area contributed by atoms with Crippen LogP contribution in [0, 0.1) is 5.92 Å². The molecule has 0 bridgehead atoms. The van der Waals surface area contributed by atoms with Crippen molar-refractivity contribution in [3.63, 3.8) is 0 Å². The van der Waals surface area contributed by atoms with Crippen LogP contribution < -0.4 is 5.32 Å². The Morgan fingerprint density at radius 1 is 0.861 bits per heavy atom. The highest BCUT2D eigenvalue weighted by atomic mass is 16.2. The van der Waals surface area contributed by atoms with Gasteiger partial charge in [-0.05, 0) is 53.4 Å². The van der Waals surface area contributed by atoms with E-state index >= 15 is 0 Å². The first-order chi connectivity index (χ1) is 17.5. The third kappa shape index (κ3) is 6.13. The largest absolute Gasteiger partial charge is 0.322 e. The van der Waals surface area contributed by atoms with Gasteiger partial charge in [-0.3, -0.25) is 0 Å². The average molecular weight is 485 g/mol. The molecule has 1 aliphatic rings. The summed E-state index contributed by atoms with van der Waals surface area (Å²) in [5.41, 5.74) is 4.38. The fourth-order valence-electron chi connectivity index (χ4n) is 5.47. The van der Waals surface area contributed by atoms with E-state index in [2.05, 4.69) is 73.3 Å². The van der Waals surface area contributed by atoms with Gasteiger partial charge in [-0.15, -0.1) is 0 Å². The molecule has 0 saturated heterocycles. The molecule has 1 atom stereocenters. The summed E-state index contributed by atoms with van der Waals surface area (Å²) in [7, 11) is 0. The zero-order chi connectivity index (χ0) is 25.5. The predicted molar refractivity (Wildman–Crippen MR) is 147 cm³/mol. The van der Waals surface area contributed by atoms with Crippen molar-refractivity contribution in [3.05, 3.63) is 89.5 Å². The van der Waals surface area contributed by atoms with E-state index in [1.54, 1.807) is 12.4 Å². The molecule has 5 heteroatoms. The summed E-state index contributed by atoms with van der Waals surface area (Å²) in [5, 5.41) is 3.38. The Kier molecular flexibility index (Phi) is 8.74. The number of carbonyl (C=O) groups excluding carboxylic acids is 1. The molecule has 1 unspecified atom stereocenters. The van der Waals surface area contributed by atoms with Crippen LogP contribution in [0.15, 0.2) is 67.0 Å². The first-order valence-electron chi connectivity index (χ1n) is 13.5. The Morgan fingerprint density at radius 2 is 1.47 bits per heavy atom. The lowest BCUT2D eigenvalue weighted by molar-refractivity contribution is 0.128. The van der Waals surface area contributed by atoms with Gasteiger partial charge in [0.05, 0.1) is 6.04 Å². The highest BCUT2D eigenvalue weighted by molar-refractivity contribution is 5.91. The van der Waals surface area contributed by atoms with Crippen molar-refractivity contribution in [2.45, 2.75) is 84.2 Å². The van der Waals surface area contributed by atoms with Crippen molar-refractivity contribution in [2.24, 2.45) is 5.92 Å². The maximum Gasteiger partial charge on any atom is 0.322 e. The van der Waals surface area contributed by atoms with Crippen molar-refractivity contribution in [3.8, 4) is 0 Å². The SMILES string of the molecule is CC(C)c1cccc(C(C)C)c1NC(=O)N(Cc1ccccc1)C(c1ncccn1)C1CCCCC1. The molecule has 190 valence electrons. The molecule has 0 aliphatic heterocycles. The molecule has 1 N–H and O–H groups in total. The first kappa shape index (κ1) is 25.9. The molecule has 0 spiro atoms. The Labute approximate surface area is 216 Å². The van der Waals surface area contributed by atoms with Gasteiger partial charge in [0.25, 0.3) is 0 Å². The van der Waals surface area contributed by atoms with E-state index in [0.717, 1.165) is 29.9 Å². The third-order valence-electron chi connectivity index (χ3n) is 7.34. The highest BCUT2D eigenvalue weighted by Gasteiger charge is 2.35. The number of anilines is 1. The molecule has 5 nitrogen and oxygen atoms in total. The van der Waals surface area contributed by atoms with Gasteiger partial charge < -0.3 is 10.2 Å². The fraction of sp³-hybridized carbons (Fsp3) is 0.452. The van der Waals surface area contributed by atoms with E-state index in [1.807, 2.05) is 29.2 Å². The Morgan fingerprint density at radius 3 is 2.06 bits per heavy atom. The number of para-hydroxylation sites is 1. The molecule has 4 rings (SSSR count). The number of nitrogens with one attached hydrogen (secondary N) is 1. The summed E-state index contributed by atoms with van der Waals surface area (Å²) in [5.74, 6) is 1.67. The zero-order valence-electron chi connectivity index (χ0n) is 22.2. The minimum absolute atomic E-state index is 0.0862. The number of benzene rings is 2. The highest BCUT2D eigenvalue weighted by Crippen LogP contribution is 2.39. The summed E-state index contributed by atoms with van der Waals surface area (Å²) in [6.07, 6.45) is 9.38. The van der Waals surface area contributed by atoms with E-state index in [1.165, 1.54) is 30.4 Å². The summed E-state index contributed by atoms with van der Waals surface area (Å²) in [4.78, 5) is 25.6. The first-order valence-corrected chi connectivity index (χ1v) is 13.5. The molecule has 1 aromatic heterocycles. The van der Waals surface area contributed by atoms with Gasteiger partial charge >= 0.3 is 6.03 Å². The van der Waals surface area contributed by atoms with Crippen LogP contribution in [0.2, 0.25) is 0 Å². The zero-order valence-corrected chi connectivity index (χ0v) is 22.2. The van der Waals surface area contributed by atoms with Gasteiger partial charge in [0.2, 0.25) is 0 Å². The second-order valence-electron chi connectivity index (χ2n) is 10.6. The number of carbonyl (C=O) groups is 1. The normalized spacial score (nSPS) is 15.2. The molecule has 1 saturated carbocycles. The molecular formula is C31H40N4O. The maximum atomic E-state index is 14.3. The smallest absolute Gasteiger partial charge is 0.310 e. The Hall–Kier alpha value is -3.21. The molecule has 1 aliphatic carbocycles. The second-order valence-corrected chi connectivity index (χ2v) is 10.6. The molecule has 36 heavy (non-hydrogen) atoms. The van der Waals surface area contributed by atoms with E-state index in [9.17, 15) is 4.79 Å². The van der Waals surface area contributed by atoms with Crippen LogP contribution >= 0.6 is 0 Å². The molecule has 3 aromatic rings. The lowest BCUT2D eigenvalue weighted by Gasteiger charge is -2.38. The van der Waals surface area contributed by atoms with Gasteiger partial charge in [-0.1, -0.05) is 95.5 Å². The summed E-state index contributed by atoms with van der Waals surface area (Å²) >= 11 is 0. The number of hydrogen-bond donors (Lipinski definition) is 1.